The van der Waals surface area contributed by atoms with Crippen molar-refractivity contribution in [3.63, 3.8) is 0 Å². The van der Waals surface area contributed by atoms with E-state index in [1.807, 2.05) is 48.5 Å². The van der Waals surface area contributed by atoms with Gasteiger partial charge in [0.1, 0.15) is 48.5 Å². The molecule has 2 heterocycles. The van der Waals surface area contributed by atoms with Gasteiger partial charge in [-0.1, -0.05) is 37.3 Å². The Hall–Kier alpha value is -3.07. The summed E-state index contributed by atoms with van der Waals surface area (Å²) in [5, 5.41) is 43.4. The van der Waals surface area contributed by atoms with Crippen molar-refractivity contribution >= 4 is 5.91 Å². The van der Waals surface area contributed by atoms with Crippen molar-refractivity contribution in [3.8, 4) is 11.8 Å². The second-order valence-corrected chi connectivity index (χ2v) is 12.1. The number of hydrogen-bond acceptors (Lipinski definition) is 8. The Morgan fingerprint density at radius 3 is 2.58 bits per heavy atom. The number of nitriles is 1. The standard InChI is InChI=1S/C33H42FN3O6/c1-3-21-6-7-22(33-32(41)31(40)30(39)19(2)42-33)13-23(21)12-20-4-9-27(10-5-20)43-28-11-8-25(15-28)36-17-29(38)37-18-24(34)14-26(37)16-35/h4-7,9-10,13,19,24-26,28,30-33,36,39-41H,3,8,11-12,14-15,17-18H2,1-2H3/t19-,24+,25+,26+,28+,30-,31+,32-,33+/m1/s1. The van der Waals surface area contributed by atoms with Gasteiger partial charge in [0, 0.05) is 12.5 Å². The number of aliphatic hydroxyl groups excluding tert-OH is 3. The number of amides is 1. The molecule has 10 heteroatoms. The van der Waals surface area contributed by atoms with Gasteiger partial charge in [-0.25, -0.2) is 4.39 Å². The van der Waals surface area contributed by atoms with Crippen LogP contribution in [0.15, 0.2) is 42.5 Å². The van der Waals surface area contributed by atoms with Gasteiger partial charge in [0.15, 0.2) is 0 Å². The highest BCUT2D eigenvalue weighted by Gasteiger charge is 2.42. The number of likely N-dealkylation sites (tertiary alicyclic amines) is 1. The smallest absolute Gasteiger partial charge is 0.237 e. The Morgan fingerprint density at radius 2 is 1.86 bits per heavy atom. The van der Waals surface area contributed by atoms with Gasteiger partial charge in [-0.05, 0) is 73.4 Å². The zero-order chi connectivity index (χ0) is 30.7. The summed E-state index contributed by atoms with van der Waals surface area (Å²) in [5.41, 5.74) is 4.16. The molecule has 9 atom stereocenters. The number of alkyl halides is 1. The maximum Gasteiger partial charge on any atom is 0.237 e. The number of benzene rings is 2. The number of carbonyl (C=O) groups is 1. The Balaban J connectivity index is 1.14. The minimum absolute atomic E-state index is 0.0111. The van der Waals surface area contributed by atoms with Crippen molar-refractivity contribution in [2.24, 2.45) is 0 Å². The van der Waals surface area contributed by atoms with Crippen LogP contribution in [0.4, 0.5) is 4.39 Å². The summed E-state index contributed by atoms with van der Waals surface area (Å²) >= 11 is 0. The third-order valence-electron chi connectivity index (χ3n) is 9.06. The first-order valence-corrected chi connectivity index (χ1v) is 15.3. The van der Waals surface area contributed by atoms with Crippen LogP contribution in [0.5, 0.6) is 5.75 Å². The van der Waals surface area contributed by atoms with E-state index in [4.69, 9.17) is 9.47 Å². The summed E-state index contributed by atoms with van der Waals surface area (Å²) < 4.78 is 25.8. The van der Waals surface area contributed by atoms with E-state index >= 15 is 0 Å². The quantitative estimate of drug-likeness (QED) is 0.348. The van der Waals surface area contributed by atoms with Crippen molar-refractivity contribution in [3.05, 3.63) is 64.7 Å². The fourth-order valence-electron chi connectivity index (χ4n) is 6.51. The fraction of sp³-hybridized carbons (Fsp3) is 0.576. The molecular formula is C33H42FN3O6. The summed E-state index contributed by atoms with van der Waals surface area (Å²) in [6.07, 6.45) is -1.99. The third-order valence-corrected chi connectivity index (χ3v) is 9.06. The Morgan fingerprint density at radius 1 is 1.09 bits per heavy atom. The molecule has 1 saturated carbocycles. The van der Waals surface area contributed by atoms with Crippen molar-refractivity contribution < 1.29 is 34.0 Å². The number of nitrogens with zero attached hydrogens (tertiary/aromatic N) is 2. The third kappa shape index (κ3) is 7.19. The van der Waals surface area contributed by atoms with Crippen molar-refractivity contribution in [2.75, 3.05) is 13.1 Å². The molecule has 0 bridgehead atoms. The highest BCUT2D eigenvalue weighted by atomic mass is 19.1. The Kier molecular flexibility index (Phi) is 9.99. The molecule has 0 spiro atoms. The summed E-state index contributed by atoms with van der Waals surface area (Å²) in [4.78, 5) is 13.9. The topological polar surface area (TPSA) is 135 Å². The molecule has 2 aromatic carbocycles. The molecule has 0 aromatic heterocycles. The number of aliphatic hydroxyl groups is 3. The van der Waals surface area contributed by atoms with Crippen LogP contribution in [0.1, 0.15) is 67.9 Å². The van der Waals surface area contributed by atoms with Crippen LogP contribution in [0.2, 0.25) is 0 Å². The normalized spacial score (nSPS) is 32.5. The van der Waals surface area contributed by atoms with Gasteiger partial charge < -0.3 is 35.0 Å². The molecular weight excluding hydrogens is 553 g/mol. The number of ether oxygens (including phenoxy) is 2. The predicted octanol–water partition coefficient (Wildman–Crippen LogP) is 2.73. The highest BCUT2D eigenvalue weighted by Crippen LogP contribution is 2.34. The lowest BCUT2D eigenvalue weighted by atomic mass is 9.88. The largest absolute Gasteiger partial charge is 0.490 e. The highest BCUT2D eigenvalue weighted by molar-refractivity contribution is 5.79. The van der Waals surface area contributed by atoms with Crippen molar-refractivity contribution in [1.29, 1.82) is 5.26 Å². The second kappa shape index (κ2) is 13.7. The molecule has 4 N–H and O–H groups in total. The van der Waals surface area contributed by atoms with Gasteiger partial charge in [-0.2, -0.15) is 5.26 Å². The molecule has 0 radical (unpaired) electrons. The maximum atomic E-state index is 13.7. The SMILES string of the molecule is CCc1ccc([C@@H]2O[C@H](C)[C@@H](O)[C@H](O)[C@H]2O)cc1Cc1ccc(O[C@H]2CC[C@H](NCC(=O)N3C[C@@H](F)C[C@H]3C#N)C2)cc1. The van der Waals surface area contributed by atoms with Crippen LogP contribution >= 0.6 is 0 Å². The Labute approximate surface area is 252 Å². The van der Waals surface area contributed by atoms with E-state index < -0.39 is 42.7 Å². The molecule has 9 nitrogen and oxygen atoms in total. The van der Waals surface area contributed by atoms with Crippen LogP contribution in [0.3, 0.4) is 0 Å². The first-order valence-electron chi connectivity index (χ1n) is 15.3. The summed E-state index contributed by atoms with van der Waals surface area (Å²) in [6, 6.07) is 15.4. The van der Waals surface area contributed by atoms with Crippen LogP contribution in [0, 0.1) is 11.3 Å². The van der Waals surface area contributed by atoms with Crippen LogP contribution in [0.25, 0.3) is 0 Å². The molecule has 2 saturated heterocycles. The average molecular weight is 596 g/mol. The summed E-state index contributed by atoms with van der Waals surface area (Å²) in [7, 11) is 0. The molecule has 2 aromatic rings. The minimum Gasteiger partial charge on any atom is -0.490 e. The number of rotatable bonds is 9. The molecule has 3 aliphatic rings. The lowest BCUT2D eigenvalue weighted by molar-refractivity contribution is -0.219. The van der Waals surface area contributed by atoms with Crippen molar-refractivity contribution in [1.82, 2.24) is 10.2 Å². The lowest BCUT2D eigenvalue weighted by Crippen LogP contribution is -2.53. The number of nitrogens with one attached hydrogen (secondary N) is 1. The van der Waals surface area contributed by atoms with E-state index in [0.29, 0.717) is 6.42 Å². The average Bonchev–Trinajstić information content (AvgIpc) is 3.63. The molecule has 0 unspecified atom stereocenters. The van der Waals surface area contributed by atoms with Crippen LogP contribution in [-0.4, -0.2) is 88.0 Å². The van der Waals surface area contributed by atoms with Gasteiger partial charge in [0.25, 0.3) is 0 Å². The van der Waals surface area contributed by atoms with E-state index in [9.17, 15) is 29.8 Å². The van der Waals surface area contributed by atoms with E-state index in [1.165, 1.54) is 10.5 Å². The summed E-state index contributed by atoms with van der Waals surface area (Å²) in [6.45, 7) is 3.86. The Bertz CT molecular complexity index is 1300. The van der Waals surface area contributed by atoms with Gasteiger partial charge in [-0.15, -0.1) is 0 Å². The second-order valence-electron chi connectivity index (χ2n) is 12.1. The van der Waals surface area contributed by atoms with Crippen LogP contribution < -0.4 is 10.1 Å². The van der Waals surface area contributed by atoms with E-state index in [0.717, 1.165) is 48.1 Å². The zero-order valence-corrected chi connectivity index (χ0v) is 24.7. The monoisotopic (exact) mass is 595 g/mol. The van der Waals surface area contributed by atoms with Crippen LogP contribution in [-0.2, 0) is 22.4 Å². The molecule has 1 aliphatic carbocycles. The summed E-state index contributed by atoms with van der Waals surface area (Å²) in [5.74, 6) is 0.537. The van der Waals surface area contributed by atoms with E-state index in [2.05, 4.69) is 12.2 Å². The molecule has 232 valence electrons. The van der Waals surface area contributed by atoms with Gasteiger partial charge in [0.2, 0.25) is 5.91 Å². The molecule has 43 heavy (non-hydrogen) atoms. The van der Waals surface area contributed by atoms with Gasteiger partial charge in [0.05, 0.1) is 25.3 Å². The lowest BCUT2D eigenvalue weighted by Gasteiger charge is -2.39. The van der Waals surface area contributed by atoms with Crippen molar-refractivity contribution in [2.45, 2.75) is 107 Å². The van der Waals surface area contributed by atoms with E-state index in [-0.39, 0.29) is 37.6 Å². The maximum absolute atomic E-state index is 13.7. The minimum atomic E-state index is -1.28. The molecule has 3 fully saturated rings. The van der Waals surface area contributed by atoms with E-state index in [1.54, 1.807) is 6.92 Å². The molecule has 1 amide bonds. The van der Waals surface area contributed by atoms with Gasteiger partial charge >= 0.3 is 0 Å². The predicted molar refractivity (Wildman–Crippen MR) is 157 cm³/mol. The van der Waals surface area contributed by atoms with Gasteiger partial charge in [-0.3, -0.25) is 4.79 Å². The number of aryl methyl sites for hydroxylation is 1. The molecule has 2 aliphatic heterocycles. The fourth-order valence-corrected chi connectivity index (χ4v) is 6.51. The first-order chi connectivity index (χ1) is 20.7. The molecule has 5 rings (SSSR count). The number of carbonyl (C=O) groups excluding carboxylic acids is 1. The number of hydrogen-bond donors (Lipinski definition) is 4. The first kappa shape index (κ1) is 31.4. The zero-order valence-electron chi connectivity index (χ0n) is 24.7. The number of halogens is 1.